The predicted molar refractivity (Wildman–Crippen MR) is 125 cm³/mol. The van der Waals surface area contributed by atoms with Crippen LogP contribution >= 0.6 is 0 Å². The maximum Gasteiger partial charge on any atom is 0.295 e. The maximum atomic E-state index is 12.1. The molecule has 2 aromatic carbocycles. The molecule has 0 aliphatic carbocycles. The van der Waals surface area contributed by atoms with Crippen LogP contribution in [0.2, 0.25) is 0 Å². The molecule has 1 N–H and O–H groups in total. The first-order valence-electron chi connectivity index (χ1n) is 11.5. The van der Waals surface area contributed by atoms with E-state index in [0.29, 0.717) is 28.5 Å². The van der Waals surface area contributed by atoms with Crippen LogP contribution in [0.25, 0.3) is 10.8 Å². The molecule has 0 fully saturated rings. The van der Waals surface area contributed by atoms with E-state index in [1.54, 1.807) is 25.3 Å². The molecule has 0 aliphatic heterocycles. The lowest BCUT2D eigenvalue weighted by Crippen LogP contribution is -2.05. The van der Waals surface area contributed by atoms with Gasteiger partial charge in [-0.3, -0.25) is 4.55 Å². The lowest BCUT2D eigenvalue weighted by atomic mass is 10.0. The van der Waals surface area contributed by atoms with Crippen LogP contribution in [0.5, 0.6) is 5.75 Å². The van der Waals surface area contributed by atoms with Crippen LogP contribution in [0.4, 0.5) is 0 Å². The summed E-state index contributed by atoms with van der Waals surface area (Å²) in [5, 5.41) is 1.22. The summed E-state index contributed by atoms with van der Waals surface area (Å²) in [5.41, 5.74) is 0.685. The Morgan fingerprint density at radius 2 is 1.33 bits per heavy atom. The Hall–Kier alpha value is -1.59. The second-order valence-electron chi connectivity index (χ2n) is 8.22. The van der Waals surface area contributed by atoms with E-state index in [2.05, 4.69) is 6.92 Å². The number of ether oxygens (including phenoxy) is 1. The summed E-state index contributed by atoms with van der Waals surface area (Å²) in [7, 11) is -2.75. The van der Waals surface area contributed by atoms with Gasteiger partial charge in [0.25, 0.3) is 10.1 Å². The molecule has 0 radical (unpaired) electrons. The molecular weight excluding hydrogens is 396 g/mol. The largest absolute Gasteiger partial charge is 0.496 e. The number of hydrogen-bond acceptors (Lipinski definition) is 3. The molecule has 0 spiro atoms. The normalized spacial score (nSPS) is 11.8. The van der Waals surface area contributed by atoms with Crippen molar-refractivity contribution >= 4 is 20.9 Å². The second-order valence-corrected chi connectivity index (χ2v) is 9.58. The molecule has 30 heavy (non-hydrogen) atoms. The second kappa shape index (κ2) is 13.0. The summed E-state index contributed by atoms with van der Waals surface area (Å²) in [6.07, 6.45) is 15.8. The highest BCUT2D eigenvalue weighted by molar-refractivity contribution is 7.86. The smallest absolute Gasteiger partial charge is 0.295 e. The van der Waals surface area contributed by atoms with E-state index in [9.17, 15) is 13.0 Å². The summed E-state index contributed by atoms with van der Waals surface area (Å²) in [5.74, 6) is 0.606. The molecule has 0 saturated carbocycles. The number of methoxy groups -OCH3 is 1. The van der Waals surface area contributed by atoms with Crippen molar-refractivity contribution in [2.75, 3.05) is 7.11 Å². The van der Waals surface area contributed by atoms with Gasteiger partial charge in [-0.1, -0.05) is 102 Å². The van der Waals surface area contributed by atoms with Crippen LogP contribution in [0.3, 0.4) is 0 Å². The first kappa shape index (κ1) is 24.7. The Balaban J connectivity index is 1.81. The topological polar surface area (TPSA) is 63.6 Å². The van der Waals surface area contributed by atoms with E-state index >= 15 is 0 Å². The van der Waals surface area contributed by atoms with E-state index in [4.69, 9.17) is 4.74 Å². The fraction of sp³-hybridized carbons (Fsp3) is 0.600. The summed E-state index contributed by atoms with van der Waals surface area (Å²) in [6.45, 7) is 2.25. The van der Waals surface area contributed by atoms with Crippen molar-refractivity contribution in [2.24, 2.45) is 0 Å². The predicted octanol–water partition coefficient (Wildman–Crippen LogP) is 7.34. The molecule has 0 aromatic heterocycles. The van der Waals surface area contributed by atoms with Gasteiger partial charge in [0.2, 0.25) is 0 Å². The number of rotatable bonds is 15. The van der Waals surface area contributed by atoms with E-state index < -0.39 is 10.1 Å². The van der Waals surface area contributed by atoms with Gasteiger partial charge >= 0.3 is 0 Å². The molecule has 0 bridgehead atoms. The number of hydrogen-bond donors (Lipinski definition) is 1. The number of fused-ring (bicyclic) bond motifs is 1. The molecule has 4 nitrogen and oxygen atoms in total. The Kier molecular flexibility index (Phi) is 10.7. The highest BCUT2D eigenvalue weighted by Crippen LogP contribution is 2.33. The molecular formula is C25H38O4S. The van der Waals surface area contributed by atoms with E-state index in [1.165, 1.54) is 64.2 Å². The molecule has 0 saturated heterocycles. The SMILES string of the molecule is CCCCCCCCCCCCCCc1ccc2c(OC)cccc2c1S(=O)(=O)O. The van der Waals surface area contributed by atoms with Crippen molar-refractivity contribution in [1.82, 2.24) is 0 Å². The van der Waals surface area contributed by atoms with Crippen molar-refractivity contribution in [3.8, 4) is 5.75 Å². The van der Waals surface area contributed by atoms with Crippen LogP contribution in [-0.4, -0.2) is 20.1 Å². The van der Waals surface area contributed by atoms with Gasteiger partial charge in [-0.15, -0.1) is 0 Å². The highest BCUT2D eigenvalue weighted by atomic mass is 32.2. The minimum atomic E-state index is -4.31. The standard InChI is InChI=1S/C25H38O4S/c1-3-4-5-6-7-8-9-10-11-12-13-14-16-21-19-20-22-23(25(21)30(26,27)28)17-15-18-24(22)29-2/h15,17-20H,3-14,16H2,1-2H3,(H,26,27,28). The van der Waals surface area contributed by atoms with Crippen molar-refractivity contribution in [3.63, 3.8) is 0 Å². The first-order chi connectivity index (χ1) is 14.5. The molecule has 0 atom stereocenters. The van der Waals surface area contributed by atoms with Gasteiger partial charge in [0.05, 0.1) is 7.11 Å². The Labute approximate surface area is 182 Å². The van der Waals surface area contributed by atoms with E-state index in [1.807, 2.05) is 12.1 Å². The van der Waals surface area contributed by atoms with Crippen molar-refractivity contribution in [2.45, 2.75) is 95.3 Å². The zero-order chi connectivity index (χ0) is 21.8. The fourth-order valence-corrected chi connectivity index (χ4v) is 5.14. The highest BCUT2D eigenvalue weighted by Gasteiger charge is 2.20. The van der Waals surface area contributed by atoms with Crippen molar-refractivity contribution in [3.05, 3.63) is 35.9 Å². The lowest BCUT2D eigenvalue weighted by Gasteiger charge is -2.13. The molecule has 0 aliphatic rings. The van der Waals surface area contributed by atoms with E-state index in [-0.39, 0.29) is 4.90 Å². The molecule has 0 amide bonds. The Bertz CT molecular complexity index is 874. The third-order valence-corrected chi connectivity index (χ3v) is 6.83. The van der Waals surface area contributed by atoms with Crippen molar-refractivity contribution in [1.29, 1.82) is 0 Å². The number of aryl methyl sites for hydroxylation is 1. The summed E-state index contributed by atoms with van der Waals surface area (Å²) in [6, 6.07) is 8.97. The zero-order valence-corrected chi connectivity index (χ0v) is 19.5. The average Bonchev–Trinajstić information content (AvgIpc) is 2.72. The van der Waals surface area contributed by atoms with Crippen LogP contribution in [0.1, 0.15) is 89.5 Å². The molecule has 0 heterocycles. The van der Waals surface area contributed by atoms with Gasteiger partial charge in [0.1, 0.15) is 10.6 Å². The summed E-state index contributed by atoms with van der Waals surface area (Å²) >= 11 is 0. The van der Waals surface area contributed by atoms with Crippen LogP contribution < -0.4 is 4.74 Å². The Morgan fingerprint density at radius 3 is 1.87 bits per heavy atom. The molecule has 5 heteroatoms. The first-order valence-corrected chi connectivity index (χ1v) is 13.0. The maximum absolute atomic E-state index is 12.1. The van der Waals surface area contributed by atoms with Gasteiger partial charge in [-0.25, -0.2) is 0 Å². The zero-order valence-electron chi connectivity index (χ0n) is 18.7. The molecule has 2 rings (SSSR count). The number of benzene rings is 2. The van der Waals surface area contributed by atoms with Gasteiger partial charge in [0, 0.05) is 10.8 Å². The minimum absolute atomic E-state index is 0.0296. The third kappa shape index (κ3) is 7.59. The van der Waals surface area contributed by atoms with Crippen molar-refractivity contribution < 1.29 is 17.7 Å². The molecule has 2 aromatic rings. The summed E-state index contributed by atoms with van der Waals surface area (Å²) in [4.78, 5) is 0.0296. The minimum Gasteiger partial charge on any atom is -0.496 e. The van der Waals surface area contributed by atoms with Gasteiger partial charge in [-0.05, 0) is 24.5 Å². The third-order valence-electron chi connectivity index (χ3n) is 5.83. The van der Waals surface area contributed by atoms with Gasteiger partial charge < -0.3 is 4.74 Å². The molecule has 168 valence electrons. The Morgan fingerprint density at radius 1 is 0.767 bits per heavy atom. The van der Waals surface area contributed by atoms with Crippen LogP contribution in [0, 0.1) is 0 Å². The fourth-order valence-electron chi connectivity index (χ4n) is 4.18. The van der Waals surface area contributed by atoms with Gasteiger partial charge in [0.15, 0.2) is 0 Å². The number of unbranched alkanes of at least 4 members (excludes halogenated alkanes) is 11. The lowest BCUT2D eigenvalue weighted by molar-refractivity contribution is 0.419. The van der Waals surface area contributed by atoms with Crippen LogP contribution in [0.15, 0.2) is 35.2 Å². The molecule has 0 unspecified atom stereocenters. The monoisotopic (exact) mass is 434 g/mol. The van der Waals surface area contributed by atoms with E-state index in [0.717, 1.165) is 12.8 Å². The van der Waals surface area contributed by atoms with Gasteiger partial charge in [-0.2, -0.15) is 8.42 Å². The van der Waals surface area contributed by atoms with Crippen LogP contribution in [-0.2, 0) is 16.5 Å². The summed E-state index contributed by atoms with van der Waals surface area (Å²) < 4.78 is 39.4. The average molecular weight is 435 g/mol. The quantitative estimate of drug-likeness (QED) is 0.235.